The van der Waals surface area contributed by atoms with Crippen molar-refractivity contribution in [3.05, 3.63) is 52.2 Å². The van der Waals surface area contributed by atoms with Crippen LogP contribution in [0.15, 0.2) is 46.2 Å². The van der Waals surface area contributed by atoms with E-state index < -0.39 is 18.1 Å². The van der Waals surface area contributed by atoms with Gasteiger partial charge in [0.15, 0.2) is 0 Å². The monoisotopic (exact) mass is 315 g/mol. The number of hydrogen-bond donors (Lipinski definition) is 0. The van der Waals surface area contributed by atoms with Crippen LogP contribution in [0, 0.1) is 0 Å². The van der Waals surface area contributed by atoms with Gasteiger partial charge in [-0.05, 0) is 23.6 Å². The molecular weight excluding hydrogens is 307 g/mol. The summed E-state index contributed by atoms with van der Waals surface area (Å²) < 4.78 is 40.5. The zero-order valence-corrected chi connectivity index (χ0v) is 11.1. The molecule has 0 unspecified atom stereocenters. The number of rotatable bonds is 4. The van der Waals surface area contributed by atoms with Gasteiger partial charge in [0.05, 0.1) is 11.8 Å². The zero-order valence-electron chi connectivity index (χ0n) is 10.3. The van der Waals surface area contributed by atoms with E-state index in [-0.39, 0.29) is 5.56 Å². The third-order valence-electron chi connectivity index (χ3n) is 2.23. The van der Waals surface area contributed by atoms with Crippen LogP contribution in [0.1, 0.15) is 15.9 Å². The molecule has 0 saturated heterocycles. The third kappa shape index (κ3) is 4.60. The number of nitrogens with zero attached hydrogens (tertiary/aromatic N) is 1. The van der Waals surface area contributed by atoms with Crippen LogP contribution in [-0.2, 0) is 4.84 Å². The molecule has 0 aliphatic carbocycles. The minimum Gasteiger partial charge on any atom is -0.405 e. The molecule has 110 valence electrons. The van der Waals surface area contributed by atoms with Gasteiger partial charge in [0, 0.05) is 10.9 Å². The molecular formula is C13H8F3NO3S. The lowest BCUT2D eigenvalue weighted by molar-refractivity contribution is -0.274. The van der Waals surface area contributed by atoms with E-state index in [1.807, 2.05) is 0 Å². The van der Waals surface area contributed by atoms with Gasteiger partial charge in [0.2, 0.25) is 0 Å². The molecule has 1 heterocycles. The molecule has 21 heavy (non-hydrogen) atoms. The Bertz CT molecular complexity index is 638. The Morgan fingerprint density at radius 1 is 1.24 bits per heavy atom. The van der Waals surface area contributed by atoms with Gasteiger partial charge in [-0.1, -0.05) is 17.3 Å². The molecule has 2 aromatic rings. The Morgan fingerprint density at radius 3 is 2.67 bits per heavy atom. The summed E-state index contributed by atoms with van der Waals surface area (Å²) >= 11 is 1.31. The highest BCUT2D eigenvalue weighted by Gasteiger charge is 2.31. The van der Waals surface area contributed by atoms with Crippen LogP contribution in [0.2, 0.25) is 0 Å². The maximum atomic E-state index is 12.2. The van der Waals surface area contributed by atoms with Crippen molar-refractivity contribution in [3.63, 3.8) is 0 Å². The summed E-state index contributed by atoms with van der Waals surface area (Å²) in [6, 6.07) is 6.92. The van der Waals surface area contributed by atoms with Crippen LogP contribution >= 0.6 is 11.3 Å². The fourth-order valence-corrected chi connectivity index (χ4v) is 1.99. The van der Waals surface area contributed by atoms with Crippen molar-refractivity contribution < 1.29 is 27.5 Å². The quantitative estimate of drug-likeness (QED) is 0.489. The van der Waals surface area contributed by atoms with Crippen LogP contribution in [0.4, 0.5) is 13.2 Å². The van der Waals surface area contributed by atoms with Gasteiger partial charge in [-0.25, -0.2) is 4.79 Å². The second-order valence-electron chi connectivity index (χ2n) is 3.71. The highest BCUT2D eigenvalue weighted by atomic mass is 32.1. The van der Waals surface area contributed by atoms with Crippen molar-refractivity contribution in [2.75, 3.05) is 0 Å². The number of oxime groups is 1. The standard InChI is InChI=1S/C13H8F3NO3S/c14-13(15,16)19-11-4-2-1-3-9(11)7-17-20-12(18)10-5-6-21-8-10/h1-8H. The number of halogens is 3. The number of thiophene rings is 1. The van der Waals surface area contributed by atoms with Crippen LogP contribution in [0.25, 0.3) is 0 Å². The minimum atomic E-state index is -4.81. The number of benzene rings is 1. The van der Waals surface area contributed by atoms with Gasteiger partial charge in [0.1, 0.15) is 5.75 Å². The number of alkyl halides is 3. The molecule has 4 nitrogen and oxygen atoms in total. The highest BCUT2D eigenvalue weighted by molar-refractivity contribution is 7.08. The maximum absolute atomic E-state index is 12.2. The lowest BCUT2D eigenvalue weighted by Crippen LogP contribution is -2.18. The Kier molecular flexibility index (Phi) is 4.59. The van der Waals surface area contributed by atoms with Crippen molar-refractivity contribution in [2.45, 2.75) is 6.36 Å². The largest absolute Gasteiger partial charge is 0.573 e. The van der Waals surface area contributed by atoms with E-state index >= 15 is 0 Å². The van der Waals surface area contributed by atoms with Gasteiger partial charge in [-0.15, -0.1) is 13.2 Å². The molecule has 0 atom stereocenters. The van der Waals surface area contributed by atoms with Crippen molar-refractivity contribution in [3.8, 4) is 5.75 Å². The Hall–Kier alpha value is -2.35. The summed E-state index contributed by atoms with van der Waals surface area (Å²) in [4.78, 5) is 16.0. The van der Waals surface area contributed by atoms with E-state index in [0.29, 0.717) is 5.56 Å². The lowest BCUT2D eigenvalue weighted by Gasteiger charge is -2.10. The SMILES string of the molecule is O=C(ON=Cc1ccccc1OC(F)(F)F)c1ccsc1. The summed E-state index contributed by atoms with van der Waals surface area (Å²) in [6.45, 7) is 0. The fraction of sp³-hybridized carbons (Fsp3) is 0.0769. The normalized spacial score (nSPS) is 11.6. The molecule has 8 heteroatoms. The van der Waals surface area contributed by atoms with Crippen LogP contribution in [0.5, 0.6) is 5.75 Å². The number of para-hydroxylation sites is 1. The molecule has 0 bridgehead atoms. The first-order valence-electron chi connectivity index (χ1n) is 5.57. The van der Waals surface area contributed by atoms with E-state index in [1.165, 1.54) is 29.5 Å². The third-order valence-corrected chi connectivity index (χ3v) is 2.91. The molecule has 2 rings (SSSR count). The molecule has 1 aromatic carbocycles. The Labute approximate surface area is 121 Å². The Morgan fingerprint density at radius 2 is 2.00 bits per heavy atom. The molecule has 0 N–H and O–H groups in total. The van der Waals surface area contributed by atoms with Gasteiger partial charge >= 0.3 is 12.3 Å². The average molecular weight is 315 g/mol. The van der Waals surface area contributed by atoms with Gasteiger partial charge in [-0.2, -0.15) is 11.3 Å². The summed E-state index contributed by atoms with van der Waals surface area (Å²) in [6.07, 6.45) is -3.83. The smallest absolute Gasteiger partial charge is 0.405 e. The molecule has 0 aliphatic heterocycles. The summed E-state index contributed by atoms with van der Waals surface area (Å²) in [5.74, 6) is -1.12. The first kappa shape index (κ1) is 15.0. The van der Waals surface area contributed by atoms with Crippen LogP contribution in [-0.4, -0.2) is 18.5 Å². The molecule has 1 aromatic heterocycles. The van der Waals surface area contributed by atoms with Crippen molar-refractivity contribution >= 4 is 23.5 Å². The minimum absolute atomic E-state index is 0.0351. The van der Waals surface area contributed by atoms with Gasteiger partial charge in [-0.3, -0.25) is 0 Å². The summed E-state index contributed by atoms with van der Waals surface area (Å²) in [5, 5.41) is 6.63. The van der Waals surface area contributed by atoms with E-state index in [9.17, 15) is 18.0 Å². The molecule has 0 amide bonds. The molecule has 0 saturated carbocycles. The van der Waals surface area contributed by atoms with E-state index in [1.54, 1.807) is 16.8 Å². The van der Waals surface area contributed by atoms with Crippen LogP contribution in [0.3, 0.4) is 0 Å². The second-order valence-corrected chi connectivity index (χ2v) is 4.49. The second kappa shape index (κ2) is 6.40. The van der Waals surface area contributed by atoms with Gasteiger partial charge in [0.25, 0.3) is 0 Å². The van der Waals surface area contributed by atoms with Gasteiger partial charge < -0.3 is 9.57 Å². The predicted molar refractivity (Wildman–Crippen MR) is 70.5 cm³/mol. The molecule has 0 radical (unpaired) electrons. The highest BCUT2D eigenvalue weighted by Crippen LogP contribution is 2.25. The Balaban J connectivity index is 2.05. The van der Waals surface area contributed by atoms with Crippen LogP contribution < -0.4 is 4.74 Å². The lowest BCUT2D eigenvalue weighted by atomic mass is 10.2. The average Bonchev–Trinajstić information content (AvgIpc) is 2.93. The van der Waals surface area contributed by atoms with Crippen molar-refractivity contribution in [1.82, 2.24) is 0 Å². The van der Waals surface area contributed by atoms with Crippen molar-refractivity contribution in [1.29, 1.82) is 0 Å². The first-order valence-corrected chi connectivity index (χ1v) is 6.52. The van der Waals surface area contributed by atoms with E-state index in [4.69, 9.17) is 0 Å². The number of carbonyl (C=O) groups excluding carboxylic acids is 1. The number of carbonyl (C=O) groups is 1. The van der Waals surface area contributed by atoms with E-state index in [0.717, 1.165) is 12.3 Å². The number of ether oxygens (including phenoxy) is 1. The molecule has 0 fully saturated rings. The topological polar surface area (TPSA) is 47.9 Å². The number of hydrogen-bond acceptors (Lipinski definition) is 5. The molecule has 0 spiro atoms. The summed E-state index contributed by atoms with van der Waals surface area (Å²) in [5.41, 5.74) is 0.352. The van der Waals surface area contributed by atoms with E-state index in [2.05, 4.69) is 14.7 Å². The predicted octanol–water partition coefficient (Wildman–Crippen LogP) is 3.84. The molecule has 0 aliphatic rings. The fourth-order valence-electron chi connectivity index (χ4n) is 1.37. The summed E-state index contributed by atoms with van der Waals surface area (Å²) in [7, 11) is 0. The van der Waals surface area contributed by atoms with Crippen molar-refractivity contribution in [2.24, 2.45) is 5.16 Å². The zero-order chi connectivity index (χ0) is 15.3. The first-order chi connectivity index (χ1) is 9.96. The maximum Gasteiger partial charge on any atom is 0.573 e.